The molecule has 0 N–H and O–H groups in total. The van der Waals surface area contributed by atoms with E-state index in [0.29, 0.717) is 21.9 Å². The molecule has 0 spiro atoms. The zero-order valence-corrected chi connectivity index (χ0v) is 11.1. The molecule has 0 saturated carbocycles. The van der Waals surface area contributed by atoms with Crippen molar-refractivity contribution in [3.63, 3.8) is 0 Å². The fourth-order valence-electron chi connectivity index (χ4n) is 1.35. The van der Waals surface area contributed by atoms with E-state index in [2.05, 4.69) is 15.9 Å². The Morgan fingerprint density at radius 1 is 1.18 bits per heavy atom. The maximum Gasteiger partial charge on any atom is 0.137 e. The highest BCUT2D eigenvalue weighted by Crippen LogP contribution is 2.20. The highest BCUT2D eigenvalue weighted by Gasteiger charge is 2.01. The minimum Gasteiger partial charge on any atom is -0.489 e. The van der Waals surface area contributed by atoms with Crippen molar-refractivity contribution in [3.05, 3.63) is 63.3 Å². The minimum atomic E-state index is -0.294. The van der Waals surface area contributed by atoms with E-state index in [1.54, 1.807) is 36.4 Å². The van der Waals surface area contributed by atoms with Crippen molar-refractivity contribution in [2.24, 2.45) is 0 Å². The average Bonchev–Trinajstić information content (AvgIpc) is 2.31. The van der Waals surface area contributed by atoms with Crippen LogP contribution in [0.15, 0.2) is 46.9 Å². The third kappa shape index (κ3) is 3.45. The molecule has 1 nitrogen and oxygen atoms in total. The van der Waals surface area contributed by atoms with Gasteiger partial charge in [-0.05, 0) is 51.8 Å². The summed E-state index contributed by atoms with van der Waals surface area (Å²) in [7, 11) is 0. The molecule has 17 heavy (non-hydrogen) atoms. The van der Waals surface area contributed by atoms with Gasteiger partial charge in [-0.3, -0.25) is 0 Å². The Kier molecular flexibility index (Phi) is 4.02. The summed E-state index contributed by atoms with van der Waals surface area (Å²) in [5.41, 5.74) is 0.769. The van der Waals surface area contributed by atoms with Crippen molar-refractivity contribution >= 4 is 27.5 Å². The largest absolute Gasteiger partial charge is 0.489 e. The molecule has 0 amide bonds. The quantitative estimate of drug-likeness (QED) is 0.789. The van der Waals surface area contributed by atoms with Gasteiger partial charge in [-0.2, -0.15) is 0 Å². The maximum absolute atomic E-state index is 13.2. The van der Waals surface area contributed by atoms with E-state index in [1.807, 2.05) is 0 Å². The van der Waals surface area contributed by atoms with Crippen LogP contribution in [0, 0.1) is 5.82 Å². The highest BCUT2D eigenvalue weighted by molar-refractivity contribution is 9.10. The molecule has 0 radical (unpaired) electrons. The molecule has 4 heteroatoms. The Morgan fingerprint density at radius 2 is 2.00 bits per heavy atom. The average molecular weight is 316 g/mol. The van der Waals surface area contributed by atoms with Crippen LogP contribution < -0.4 is 4.74 Å². The summed E-state index contributed by atoms with van der Waals surface area (Å²) in [5, 5.41) is 0.615. The van der Waals surface area contributed by atoms with E-state index in [4.69, 9.17) is 16.3 Å². The number of benzene rings is 2. The summed E-state index contributed by atoms with van der Waals surface area (Å²) in [4.78, 5) is 0. The first-order chi connectivity index (χ1) is 8.15. The molecular formula is C13H9BrClFO. The Hall–Kier alpha value is -1.06. The van der Waals surface area contributed by atoms with Crippen molar-refractivity contribution < 1.29 is 9.13 Å². The highest BCUT2D eigenvalue weighted by atomic mass is 79.9. The van der Waals surface area contributed by atoms with E-state index < -0.39 is 0 Å². The monoisotopic (exact) mass is 314 g/mol. The van der Waals surface area contributed by atoms with E-state index in [1.165, 1.54) is 6.07 Å². The zero-order valence-electron chi connectivity index (χ0n) is 8.79. The zero-order chi connectivity index (χ0) is 12.3. The molecule has 0 heterocycles. The second-order valence-corrected chi connectivity index (χ2v) is 4.79. The van der Waals surface area contributed by atoms with E-state index in [0.717, 1.165) is 5.56 Å². The number of rotatable bonds is 3. The van der Waals surface area contributed by atoms with Crippen LogP contribution in [0.4, 0.5) is 4.39 Å². The van der Waals surface area contributed by atoms with Crippen molar-refractivity contribution in [1.82, 2.24) is 0 Å². The van der Waals surface area contributed by atoms with Gasteiger partial charge in [0.1, 0.15) is 18.2 Å². The van der Waals surface area contributed by atoms with Gasteiger partial charge in [0.25, 0.3) is 0 Å². The Bertz CT molecular complexity index is 531. The molecule has 0 aliphatic carbocycles. The smallest absolute Gasteiger partial charge is 0.137 e. The molecule has 0 saturated heterocycles. The molecule has 0 aliphatic rings. The lowest BCUT2D eigenvalue weighted by atomic mass is 10.2. The standard InChI is InChI=1S/C13H9BrClFO/c14-12-5-4-9(6-13(12)16)8-17-11-3-1-2-10(15)7-11/h1-7H,8H2. The SMILES string of the molecule is Fc1cc(COc2cccc(Cl)c2)ccc1Br. The second-order valence-electron chi connectivity index (χ2n) is 3.49. The first kappa shape index (κ1) is 12.4. The fraction of sp³-hybridized carbons (Fsp3) is 0.0769. The number of ether oxygens (including phenoxy) is 1. The summed E-state index contributed by atoms with van der Waals surface area (Å²) < 4.78 is 19.2. The van der Waals surface area contributed by atoms with Gasteiger partial charge in [0.2, 0.25) is 0 Å². The fourth-order valence-corrected chi connectivity index (χ4v) is 1.78. The maximum atomic E-state index is 13.2. The summed E-state index contributed by atoms with van der Waals surface area (Å²) in [6.07, 6.45) is 0. The van der Waals surface area contributed by atoms with Crippen LogP contribution in [0.1, 0.15) is 5.56 Å². The molecule has 0 atom stereocenters. The molecule has 2 aromatic rings. The first-order valence-corrected chi connectivity index (χ1v) is 6.14. The minimum absolute atomic E-state index is 0.294. The summed E-state index contributed by atoms with van der Waals surface area (Å²) in [5.74, 6) is 0.373. The predicted octanol–water partition coefficient (Wildman–Crippen LogP) is 4.82. The molecule has 88 valence electrons. The van der Waals surface area contributed by atoms with E-state index in [-0.39, 0.29) is 5.82 Å². The van der Waals surface area contributed by atoms with Gasteiger partial charge in [0, 0.05) is 5.02 Å². The van der Waals surface area contributed by atoms with Crippen LogP contribution in [0.2, 0.25) is 5.02 Å². The van der Waals surface area contributed by atoms with Crippen LogP contribution in [-0.4, -0.2) is 0 Å². The molecule has 0 aliphatic heterocycles. The van der Waals surface area contributed by atoms with Crippen LogP contribution in [-0.2, 0) is 6.61 Å². The van der Waals surface area contributed by atoms with Crippen molar-refractivity contribution in [3.8, 4) is 5.75 Å². The van der Waals surface area contributed by atoms with Gasteiger partial charge in [-0.15, -0.1) is 0 Å². The lowest BCUT2D eigenvalue weighted by Gasteiger charge is -2.07. The molecular weight excluding hydrogens is 306 g/mol. The van der Waals surface area contributed by atoms with Crippen molar-refractivity contribution in [2.45, 2.75) is 6.61 Å². The topological polar surface area (TPSA) is 9.23 Å². The molecule has 2 aromatic carbocycles. The van der Waals surface area contributed by atoms with Crippen LogP contribution >= 0.6 is 27.5 Å². The number of halogens is 3. The van der Waals surface area contributed by atoms with Crippen LogP contribution in [0.25, 0.3) is 0 Å². The Balaban J connectivity index is 2.05. The Labute approximate surface area is 112 Å². The van der Waals surface area contributed by atoms with Crippen LogP contribution in [0.5, 0.6) is 5.75 Å². The van der Waals surface area contributed by atoms with Gasteiger partial charge in [-0.1, -0.05) is 23.7 Å². The third-order valence-electron chi connectivity index (χ3n) is 2.19. The summed E-state index contributed by atoms with van der Waals surface area (Å²) in [6, 6.07) is 12.0. The third-order valence-corrected chi connectivity index (χ3v) is 3.06. The second kappa shape index (κ2) is 5.52. The van der Waals surface area contributed by atoms with Gasteiger partial charge in [0.05, 0.1) is 4.47 Å². The van der Waals surface area contributed by atoms with Crippen molar-refractivity contribution in [1.29, 1.82) is 0 Å². The predicted molar refractivity (Wildman–Crippen MR) is 69.9 cm³/mol. The summed E-state index contributed by atoms with van der Waals surface area (Å²) in [6.45, 7) is 0.310. The van der Waals surface area contributed by atoms with Gasteiger partial charge in [0.15, 0.2) is 0 Å². The van der Waals surface area contributed by atoms with Crippen LogP contribution in [0.3, 0.4) is 0 Å². The van der Waals surface area contributed by atoms with E-state index in [9.17, 15) is 4.39 Å². The number of hydrogen-bond acceptors (Lipinski definition) is 1. The normalized spacial score (nSPS) is 10.3. The van der Waals surface area contributed by atoms with Gasteiger partial charge >= 0.3 is 0 Å². The first-order valence-electron chi connectivity index (χ1n) is 4.97. The lowest BCUT2D eigenvalue weighted by Crippen LogP contribution is -1.96. The van der Waals surface area contributed by atoms with Crippen molar-refractivity contribution in [2.75, 3.05) is 0 Å². The van der Waals surface area contributed by atoms with Gasteiger partial charge in [-0.25, -0.2) is 4.39 Å². The Morgan fingerprint density at radius 3 is 2.71 bits per heavy atom. The van der Waals surface area contributed by atoms with Gasteiger partial charge < -0.3 is 4.74 Å². The molecule has 2 rings (SSSR count). The molecule has 0 bridgehead atoms. The molecule has 0 fully saturated rings. The number of hydrogen-bond donors (Lipinski definition) is 0. The van der Waals surface area contributed by atoms with E-state index >= 15 is 0 Å². The molecule has 0 unspecified atom stereocenters. The summed E-state index contributed by atoms with van der Waals surface area (Å²) >= 11 is 8.93. The molecule has 0 aromatic heterocycles. The lowest BCUT2D eigenvalue weighted by molar-refractivity contribution is 0.305.